The van der Waals surface area contributed by atoms with Crippen LogP contribution in [0.4, 0.5) is 4.39 Å². The number of hydrogen-bond acceptors (Lipinski definition) is 2. The minimum absolute atomic E-state index is 0.241. The van der Waals surface area contributed by atoms with E-state index in [0.29, 0.717) is 15.9 Å². The Labute approximate surface area is 109 Å². The quantitative estimate of drug-likeness (QED) is 0.848. The molecule has 1 rings (SSSR count). The second kappa shape index (κ2) is 6.27. The molecule has 0 fully saturated rings. The van der Waals surface area contributed by atoms with Gasteiger partial charge in [-0.3, -0.25) is 0 Å². The first-order valence-corrected chi connectivity index (χ1v) is 6.10. The lowest BCUT2D eigenvalue weighted by atomic mass is 10.2. The van der Waals surface area contributed by atoms with Crippen LogP contribution in [0.1, 0.15) is 12.0 Å². The molecule has 0 saturated carbocycles. The third-order valence-electron chi connectivity index (χ3n) is 2.18. The summed E-state index contributed by atoms with van der Waals surface area (Å²) in [6.45, 7) is 1.56. The van der Waals surface area contributed by atoms with E-state index in [9.17, 15) is 4.39 Å². The summed E-state index contributed by atoms with van der Waals surface area (Å²) >= 11 is 7.97. The Bertz CT molecular complexity index is 384. The van der Waals surface area contributed by atoms with Crippen LogP contribution in [0.2, 0.25) is 0 Å². The molecule has 2 nitrogen and oxygen atoms in total. The first-order valence-electron chi connectivity index (χ1n) is 4.90. The Morgan fingerprint density at radius 2 is 2.25 bits per heavy atom. The highest BCUT2D eigenvalue weighted by Crippen LogP contribution is 2.17. The van der Waals surface area contributed by atoms with Crippen molar-refractivity contribution in [1.29, 1.82) is 0 Å². The van der Waals surface area contributed by atoms with E-state index in [-0.39, 0.29) is 5.82 Å². The number of nitrogens with two attached hydrogens (primary N) is 1. The minimum atomic E-state index is -0.241. The number of rotatable bonds is 5. The number of benzene rings is 1. The molecule has 1 aromatic rings. The Morgan fingerprint density at radius 3 is 2.81 bits per heavy atom. The zero-order chi connectivity index (χ0) is 12.1. The summed E-state index contributed by atoms with van der Waals surface area (Å²) < 4.78 is 13.5. The zero-order valence-electron chi connectivity index (χ0n) is 9.04. The fraction of sp³-hybridized carbons (Fsp3) is 0.364. The predicted molar refractivity (Wildman–Crippen MR) is 71.8 cm³/mol. The van der Waals surface area contributed by atoms with Gasteiger partial charge in [0, 0.05) is 19.5 Å². The molecule has 0 amide bonds. The maximum absolute atomic E-state index is 13.0. The molecule has 0 aliphatic rings. The van der Waals surface area contributed by atoms with Crippen LogP contribution in [0.25, 0.3) is 0 Å². The second-order valence-corrected chi connectivity index (χ2v) is 5.08. The molecule has 0 bridgehead atoms. The Hall–Kier alpha value is -0.520. The van der Waals surface area contributed by atoms with Crippen LogP contribution in [0.5, 0.6) is 0 Å². The zero-order valence-corrected chi connectivity index (χ0v) is 11.4. The van der Waals surface area contributed by atoms with Crippen molar-refractivity contribution in [3.63, 3.8) is 0 Å². The molecule has 5 heteroatoms. The van der Waals surface area contributed by atoms with Gasteiger partial charge in [0.25, 0.3) is 0 Å². The van der Waals surface area contributed by atoms with E-state index in [4.69, 9.17) is 18.0 Å². The fourth-order valence-corrected chi connectivity index (χ4v) is 1.85. The molecule has 1 aromatic carbocycles. The van der Waals surface area contributed by atoms with Crippen molar-refractivity contribution in [3.05, 3.63) is 34.1 Å². The van der Waals surface area contributed by atoms with Crippen molar-refractivity contribution in [1.82, 2.24) is 4.90 Å². The van der Waals surface area contributed by atoms with Gasteiger partial charge >= 0.3 is 0 Å². The Morgan fingerprint density at radius 1 is 1.56 bits per heavy atom. The lowest BCUT2D eigenvalue weighted by molar-refractivity contribution is 0.337. The van der Waals surface area contributed by atoms with E-state index in [0.717, 1.165) is 18.7 Å². The monoisotopic (exact) mass is 304 g/mol. The molecule has 0 aliphatic heterocycles. The average molecular weight is 305 g/mol. The number of hydrogen-bond donors (Lipinski definition) is 1. The molecule has 0 aromatic heterocycles. The molecule has 0 atom stereocenters. The number of halogens is 2. The van der Waals surface area contributed by atoms with E-state index in [1.807, 2.05) is 7.05 Å². The van der Waals surface area contributed by atoms with Crippen LogP contribution in [-0.2, 0) is 6.54 Å². The van der Waals surface area contributed by atoms with E-state index in [2.05, 4.69) is 20.8 Å². The number of thiocarbonyl (C=S) groups is 1. The van der Waals surface area contributed by atoms with Gasteiger partial charge in [-0.25, -0.2) is 4.39 Å². The maximum atomic E-state index is 13.0. The normalized spacial score (nSPS) is 10.8. The standard InChI is InChI=1S/C11H14BrFN2S/c1-15(5-4-11(14)16)7-8-2-3-10(13)9(12)6-8/h2-3,6H,4-5,7H2,1H3,(H2,14,16). The van der Waals surface area contributed by atoms with Gasteiger partial charge in [-0.2, -0.15) is 0 Å². The first-order chi connectivity index (χ1) is 7.49. The Balaban J connectivity index is 2.52. The van der Waals surface area contributed by atoms with Crippen LogP contribution in [0.3, 0.4) is 0 Å². The van der Waals surface area contributed by atoms with Gasteiger partial charge in [-0.05, 0) is 40.7 Å². The highest BCUT2D eigenvalue weighted by Gasteiger charge is 2.04. The van der Waals surface area contributed by atoms with Gasteiger partial charge in [-0.1, -0.05) is 18.3 Å². The van der Waals surface area contributed by atoms with Gasteiger partial charge in [0.1, 0.15) is 5.82 Å². The minimum Gasteiger partial charge on any atom is -0.393 e. The van der Waals surface area contributed by atoms with Crippen molar-refractivity contribution in [2.45, 2.75) is 13.0 Å². The molecular weight excluding hydrogens is 291 g/mol. The highest BCUT2D eigenvalue weighted by atomic mass is 79.9. The summed E-state index contributed by atoms with van der Waals surface area (Å²) in [5, 5.41) is 0. The fourth-order valence-electron chi connectivity index (χ4n) is 1.33. The summed E-state index contributed by atoms with van der Waals surface area (Å²) in [5.41, 5.74) is 6.48. The van der Waals surface area contributed by atoms with E-state index in [1.165, 1.54) is 6.07 Å². The first kappa shape index (κ1) is 13.5. The third kappa shape index (κ3) is 4.55. The molecule has 0 aliphatic carbocycles. The molecular formula is C11H14BrFN2S. The summed E-state index contributed by atoms with van der Waals surface area (Å²) in [4.78, 5) is 2.62. The number of nitrogens with zero attached hydrogens (tertiary/aromatic N) is 1. The summed E-state index contributed by atoms with van der Waals surface area (Å²) in [6.07, 6.45) is 0.703. The molecule has 0 radical (unpaired) electrons. The lowest BCUT2D eigenvalue weighted by Gasteiger charge is -2.16. The molecule has 0 spiro atoms. The van der Waals surface area contributed by atoms with Crippen molar-refractivity contribution >= 4 is 33.1 Å². The smallest absolute Gasteiger partial charge is 0.137 e. The van der Waals surface area contributed by atoms with Crippen LogP contribution >= 0.6 is 28.1 Å². The van der Waals surface area contributed by atoms with Crippen LogP contribution in [0, 0.1) is 5.82 Å². The summed E-state index contributed by atoms with van der Waals surface area (Å²) in [5.74, 6) is -0.241. The SMILES string of the molecule is CN(CCC(N)=S)Cc1ccc(F)c(Br)c1. The molecule has 0 saturated heterocycles. The van der Waals surface area contributed by atoms with Gasteiger partial charge in [0.2, 0.25) is 0 Å². The molecule has 0 heterocycles. The molecule has 2 N–H and O–H groups in total. The second-order valence-electron chi connectivity index (χ2n) is 3.70. The van der Waals surface area contributed by atoms with Crippen LogP contribution in [-0.4, -0.2) is 23.5 Å². The van der Waals surface area contributed by atoms with E-state index in [1.54, 1.807) is 12.1 Å². The van der Waals surface area contributed by atoms with Crippen molar-refractivity contribution < 1.29 is 4.39 Å². The largest absolute Gasteiger partial charge is 0.393 e. The lowest BCUT2D eigenvalue weighted by Crippen LogP contribution is -2.23. The molecule has 16 heavy (non-hydrogen) atoms. The van der Waals surface area contributed by atoms with Crippen molar-refractivity contribution in [2.75, 3.05) is 13.6 Å². The van der Waals surface area contributed by atoms with Gasteiger partial charge in [0.05, 0.1) is 9.46 Å². The highest BCUT2D eigenvalue weighted by molar-refractivity contribution is 9.10. The predicted octanol–water partition coefficient (Wildman–Crippen LogP) is 2.70. The maximum Gasteiger partial charge on any atom is 0.137 e. The molecule has 0 unspecified atom stereocenters. The average Bonchev–Trinajstić information content (AvgIpc) is 2.21. The van der Waals surface area contributed by atoms with Crippen molar-refractivity contribution in [3.8, 4) is 0 Å². The van der Waals surface area contributed by atoms with Crippen molar-refractivity contribution in [2.24, 2.45) is 5.73 Å². The van der Waals surface area contributed by atoms with Gasteiger partial charge in [-0.15, -0.1) is 0 Å². The third-order valence-corrected chi connectivity index (χ3v) is 2.99. The van der Waals surface area contributed by atoms with Gasteiger partial charge < -0.3 is 10.6 Å². The van der Waals surface area contributed by atoms with E-state index >= 15 is 0 Å². The van der Waals surface area contributed by atoms with Gasteiger partial charge in [0.15, 0.2) is 0 Å². The topological polar surface area (TPSA) is 29.3 Å². The molecule has 88 valence electrons. The van der Waals surface area contributed by atoms with E-state index < -0.39 is 0 Å². The van der Waals surface area contributed by atoms with Crippen LogP contribution < -0.4 is 5.73 Å². The van der Waals surface area contributed by atoms with Crippen LogP contribution in [0.15, 0.2) is 22.7 Å². The summed E-state index contributed by atoms with van der Waals surface area (Å²) in [7, 11) is 1.98. The summed E-state index contributed by atoms with van der Waals surface area (Å²) in [6, 6.07) is 5.02. The Kier molecular flexibility index (Phi) is 5.31.